The molecule has 1 aromatic rings. The summed E-state index contributed by atoms with van der Waals surface area (Å²) < 4.78 is 0. The summed E-state index contributed by atoms with van der Waals surface area (Å²) in [6, 6.07) is 6.92. The van der Waals surface area contributed by atoms with Crippen molar-refractivity contribution in [3.63, 3.8) is 0 Å². The van der Waals surface area contributed by atoms with E-state index in [1.807, 2.05) is 13.8 Å². The zero-order valence-electron chi connectivity index (χ0n) is 9.53. The molecule has 1 atom stereocenters. The second-order valence-corrected chi connectivity index (χ2v) is 4.50. The van der Waals surface area contributed by atoms with E-state index in [0.29, 0.717) is 23.0 Å². The van der Waals surface area contributed by atoms with Gasteiger partial charge in [-0.25, -0.2) is 0 Å². The molecule has 0 aliphatic heterocycles. The minimum atomic E-state index is -0.179. The van der Waals surface area contributed by atoms with Gasteiger partial charge in [0.05, 0.1) is 10.6 Å². The number of carbonyl (C=O) groups excluding carboxylic acids is 1. The van der Waals surface area contributed by atoms with Crippen LogP contribution < -0.4 is 11.1 Å². The van der Waals surface area contributed by atoms with Crippen molar-refractivity contribution in [2.24, 2.45) is 11.7 Å². The number of nitrogens with two attached hydrogens (primary N) is 1. The average Bonchev–Trinajstić information content (AvgIpc) is 2.25. The molecule has 0 aliphatic carbocycles. The second-order valence-electron chi connectivity index (χ2n) is 4.10. The third kappa shape index (κ3) is 3.51. The van der Waals surface area contributed by atoms with Gasteiger partial charge in [-0.15, -0.1) is 0 Å². The molecule has 0 aromatic heterocycles. The number of nitrogens with one attached hydrogen (secondary N) is 1. The first-order valence-electron chi connectivity index (χ1n) is 5.30. The van der Waals surface area contributed by atoms with Crippen LogP contribution in [0.4, 0.5) is 0 Å². The summed E-state index contributed by atoms with van der Waals surface area (Å²) >= 11 is 5.90. The fourth-order valence-corrected chi connectivity index (χ4v) is 1.41. The molecular formula is C12H17ClN2O. The van der Waals surface area contributed by atoms with E-state index in [0.717, 1.165) is 0 Å². The van der Waals surface area contributed by atoms with E-state index < -0.39 is 0 Å². The van der Waals surface area contributed by atoms with Gasteiger partial charge in [-0.1, -0.05) is 37.6 Å². The molecule has 1 aromatic carbocycles. The van der Waals surface area contributed by atoms with Crippen LogP contribution in [0.2, 0.25) is 5.02 Å². The molecule has 0 fully saturated rings. The Morgan fingerprint density at radius 3 is 2.62 bits per heavy atom. The van der Waals surface area contributed by atoms with Gasteiger partial charge in [-0.05, 0) is 18.1 Å². The minimum absolute atomic E-state index is 0.0357. The highest BCUT2D eigenvalue weighted by Gasteiger charge is 2.12. The van der Waals surface area contributed by atoms with Crippen LogP contribution in [-0.2, 0) is 0 Å². The van der Waals surface area contributed by atoms with Crippen LogP contribution in [-0.4, -0.2) is 18.5 Å². The van der Waals surface area contributed by atoms with Crippen molar-refractivity contribution in [3.8, 4) is 0 Å². The first kappa shape index (κ1) is 13.0. The van der Waals surface area contributed by atoms with Crippen LogP contribution in [0, 0.1) is 5.92 Å². The number of rotatable bonds is 4. The quantitative estimate of drug-likeness (QED) is 0.847. The first-order chi connectivity index (χ1) is 7.52. The lowest BCUT2D eigenvalue weighted by molar-refractivity contribution is 0.0949. The summed E-state index contributed by atoms with van der Waals surface area (Å²) in [7, 11) is 0. The zero-order valence-corrected chi connectivity index (χ0v) is 10.3. The van der Waals surface area contributed by atoms with Gasteiger partial charge in [0.2, 0.25) is 0 Å². The predicted octanol–water partition coefficient (Wildman–Crippen LogP) is 2.05. The Hall–Kier alpha value is -1.06. The van der Waals surface area contributed by atoms with Crippen LogP contribution in [0.1, 0.15) is 24.2 Å². The Labute approximate surface area is 101 Å². The maximum atomic E-state index is 11.7. The second kappa shape index (κ2) is 5.87. The third-order valence-electron chi connectivity index (χ3n) is 2.47. The number of hydrogen-bond donors (Lipinski definition) is 2. The minimum Gasteiger partial charge on any atom is -0.350 e. The van der Waals surface area contributed by atoms with Crippen molar-refractivity contribution in [2.45, 2.75) is 19.9 Å². The summed E-state index contributed by atoms with van der Waals surface area (Å²) in [4.78, 5) is 11.7. The van der Waals surface area contributed by atoms with E-state index in [-0.39, 0.29) is 11.9 Å². The molecule has 0 aliphatic rings. The lowest BCUT2D eigenvalue weighted by atomic mass is 10.1. The van der Waals surface area contributed by atoms with E-state index in [4.69, 9.17) is 17.3 Å². The highest BCUT2D eigenvalue weighted by atomic mass is 35.5. The van der Waals surface area contributed by atoms with Crippen LogP contribution in [0.3, 0.4) is 0 Å². The summed E-state index contributed by atoms with van der Waals surface area (Å²) in [6.45, 7) is 4.50. The van der Waals surface area contributed by atoms with E-state index in [2.05, 4.69) is 5.32 Å². The zero-order chi connectivity index (χ0) is 12.1. The fraction of sp³-hybridized carbons (Fsp3) is 0.417. The number of hydrogen-bond acceptors (Lipinski definition) is 2. The molecule has 1 rings (SSSR count). The lowest BCUT2D eigenvalue weighted by Crippen LogP contribution is -2.40. The SMILES string of the molecule is CC(C)C(N)CNC(=O)c1ccccc1Cl. The van der Waals surface area contributed by atoms with Gasteiger partial charge in [0.25, 0.3) is 5.91 Å². The molecule has 88 valence electrons. The first-order valence-corrected chi connectivity index (χ1v) is 5.68. The Morgan fingerprint density at radius 2 is 2.06 bits per heavy atom. The van der Waals surface area contributed by atoms with E-state index >= 15 is 0 Å². The largest absolute Gasteiger partial charge is 0.350 e. The molecule has 0 saturated heterocycles. The van der Waals surface area contributed by atoms with E-state index in [9.17, 15) is 4.79 Å². The molecule has 0 heterocycles. The maximum Gasteiger partial charge on any atom is 0.252 e. The van der Waals surface area contributed by atoms with Crippen LogP contribution in [0.25, 0.3) is 0 Å². The topological polar surface area (TPSA) is 55.1 Å². The molecule has 3 N–H and O–H groups in total. The summed E-state index contributed by atoms with van der Waals surface area (Å²) in [6.07, 6.45) is 0. The molecular weight excluding hydrogens is 224 g/mol. The van der Waals surface area contributed by atoms with Crippen LogP contribution in [0.5, 0.6) is 0 Å². The van der Waals surface area contributed by atoms with Gasteiger partial charge in [0.15, 0.2) is 0 Å². The molecule has 4 heteroatoms. The van der Waals surface area contributed by atoms with Gasteiger partial charge < -0.3 is 11.1 Å². The maximum absolute atomic E-state index is 11.7. The van der Waals surface area contributed by atoms with Crippen molar-refractivity contribution < 1.29 is 4.79 Å². The van der Waals surface area contributed by atoms with Gasteiger partial charge in [0.1, 0.15) is 0 Å². The van der Waals surface area contributed by atoms with Gasteiger partial charge in [0, 0.05) is 12.6 Å². The number of benzene rings is 1. The molecule has 0 bridgehead atoms. The van der Waals surface area contributed by atoms with Gasteiger partial charge in [-0.2, -0.15) is 0 Å². The summed E-state index contributed by atoms with van der Waals surface area (Å²) in [5.74, 6) is 0.160. The number of halogens is 1. The fourth-order valence-electron chi connectivity index (χ4n) is 1.19. The Balaban J connectivity index is 2.57. The summed E-state index contributed by atoms with van der Waals surface area (Å²) in [5.41, 5.74) is 6.32. The molecule has 0 saturated carbocycles. The molecule has 16 heavy (non-hydrogen) atoms. The van der Waals surface area contributed by atoms with Crippen LogP contribution >= 0.6 is 11.6 Å². The number of carbonyl (C=O) groups is 1. The van der Waals surface area contributed by atoms with Crippen LogP contribution in [0.15, 0.2) is 24.3 Å². The lowest BCUT2D eigenvalue weighted by Gasteiger charge is -2.16. The molecule has 1 amide bonds. The highest BCUT2D eigenvalue weighted by molar-refractivity contribution is 6.33. The normalized spacial score (nSPS) is 12.6. The van der Waals surface area contributed by atoms with Crippen molar-refractivity contribution in [1.29, 1.82) is 0 Å². The van der Waals surface area contributed by atoms with Crippen molar-refractivity contribution in [2.75, 3.05) is 6.54 Å². The van der Waals surface area contributed by atoms with E-state index in [1.54, 1.807) is 24.3 Å². The standard InChI is InChI=1S/C12H17ClN2O/c1-8(2)11(14)7-15-12(16)9-5-3-4-6-10(9)13/h3-6,8,11H,7,14H2,1-2H3,(H,15,16). The smallest absolute Gasteiger partial charge is 0.252 e. The molecule has 3 nitrogen and oxygen atoms in total. The van der Waals surface area contributed by atoms with Gasteiger partial charge in [-0.3, -0.25) is 4.79 Å². The van der Waals surface area contributed by atoms with Crippen molar-refractivity contribution >= 4 is 17.5 Å². The van der Waals surface area contributed by atoms with Crippen molar-refractivity contribution in [1.82, 2.24) is 5.32 Å². The van der Waals surface area contributed by atoms with Gasteiger partial charge >= 0.3 is 0 Å². The molecule has 1 unspecified atom stereocenters. The highest BCUT2D eigenvalue weighted by Crippen LogP contribution is 2.14. The predicted molar refractivity (Wildman–Crippen MR) is 66.6 cm³/mol. The van der Waals surface area contributed by atoms with Crippen molar-refractivity contribution in [3.05, 3.63) is 34.9 Å². The Kier molecular flexibility index (Phi) is 4.77. The molecule has 0 radical (unpaired) electrons. The number of amides is 1. The average molecular weight is 241 g/mol. The monoisotopic (exact) mass is 240 g/mol. The third-order valence-corrected chi connectivity index (χ3v) is 2.80. The summed E-state index contributed by atoms with van der Waals surface area (Å²) in [5, 5.41) is 3.23. The Bertz CT molecular complexity index is 366. The Morgan fingerprint density at radius 1 is 1.44 bits per heavy atom. The van der Waals surface area contributed by atoms with E-state index in [1.165, 1.54) is 0 Å². The molecule has 0 spiro atoms.